The number of anilines is 2. The fraction of sp³-hybridized carbons (Fsp3) is 0.407. The highest BCUT2D eigenvalue weighted by Gasteiger charge is 2.31. The van der Waals surface area contributed by atoms with Crippen molar-refractivity contribution in [1.29, 1.82) is 0 Å². The van der Waals surface area contributed by atoms with Gasteiger partial charge in [0.05, 0.1) is 34.2 Å². The van der Waals surface area contributed by atoms with Crippen molar-refractivity contribution in [3.63, 3.8) is 0 Å². The highest BCUT2D eigenvalue weighted by molar-refractivity contribution is 6.34. The van der Waals surface area contributed by atoms with Crippen LogP contribution in [0, 0.1) is 0 Å². The van der Waals surface area contributed by atoms with E-state index in [1.54, 1.807) is 0 Å². The lowest BCUT2D eigenvalue weighted by molar-refractivity contribution is -0.137. The van der Waals surface area contributed by atoms with Gasteiger partial charge in [0.1, 0.15) is 0 Å². The molecule has 1 amide bonds. The number of fused-ring (bicyclic) bond motifs is 1. The monoisotopic (exact) mass is 562 g/mol. The molecule has 39 heavy (non-hydrogen) atoms. The Labute approximate surface area is 229 Å². The molecule has 1 saturated heterocycles. The van der Waals surface area contributed by atoms with E-state index in [-0.39, 0.29) is 6.54 Å². The maximum absolute atomic E-state index is 13.1. The smallest absolute Gasteiger partial charge is 0.416 e. The van der Waals surface area contributed by atoms with E-state index in [1.807, 2.05) is 22.9 Å². The van der Waals surface area contributed by atoms with Gasteiger partial charge in [-0.2, -0.15) is 18.3 Å². The number of amides is 1. The molecule has 1 fully saturated rings. The van der Waals surface area contributed by atoms with E-state index in [4.69, 9.17) is 22.4 Å². The molecular weight excluding hydrogens is 533 g/mol. The predicted octanol–water partition coefficient (Wildman–Crippen LogP) is 5.05. The van der Waals surface area contributed by atoms with Crippen LogP contribution in [0.15, 0.2) is 42.5 Å². The molecule has 3 N–H and O–H groups in total. The van der Waals surface area contributed by atoms with Crippen molar-refractivity contribution in [2.75, 3.05) is 49.9 Å². The van der Waals surface area contributed by atoms with Gasteiger partial charge in [0.25, 0.3) is 0 Å². The van der Waals surface area contributed by atoms with Crippen molar-refractivity contribution >= 4 is 29.1 Å². The first kappa shape index (κ1) is 27.1. The Balaban J connectivity index is 1.26. The first-order chi connectivity index (χ1) is 18.6. The van der Waals surface area contributed by atoms with Crippen LogP contribution in [0.3, 0.4) is 0 Å². The van der Waals surface area contributed by atoms with Crippen LogP contribution in [-0.2, 0) is 25.7 Å². The topological polar surface area (TPSA) is 90.9 Å². The Morgan fingerprint density at radius 1 is 1.03 bits per heavy atom. The molecule has 8 nitrogen and oxygen atoms in total. The molecule has 2 aliphatic rings. The first-order valence-corrected chi connectivity index (χ1v) is 13.2. The average molecular weight is 563 g/mol. The number of piperazine rings is 1. The largest absolute Gasteiger partial charge is 0.465 e. The fourth-order valence-electron chi connectivity index (χ4n) is 5.39. The maximum Gasteiger partial charge on any atom is 0.416 e. The molecule has 5 rings (SSSR count). The molecule has 0 unspecified atom stereocenters. The minimum Gasteiger partial charge on any atom is -0.465 e. The summed E-state index contributed by atoms with van der Waals surface area (Å²) < 4.78 is 41.1. The van der Waals surface area contributed by atoms with Crippen LogP contribution >= 0.6 is 11.6 Å². The van der Waals surface area contributed by atoms with Crippen LogP contribution in [0.2, 0.25) is 5.02 Å². The van der Waals surface area contributed by atoms with Gasteiger partial charge in [0.15, 0.2) is 0 Å². The number of carbonyl (C=O) groups is 1. The molecule has 0 bridgehead atoms. The van der Waals surface area contributed by atoms with E-state index in [2.05, 4.69) is 9.80 Å². The van der Waals surface area contributed by atoms with Gasteiger partial charge in [0.2, 0.25) is 0 Å². The molecule has 3 aromatic rings. The number of alkyl halides is 3. The van der Waals surface area contributed by atoms with Gasteiger partial charge in [-0.25, -0.2) is 4.79 Å². The summed E-state index contributed by atoms with van der Waals surface area (Å²) in [6.07, 6.45) is -4.11. The average Bonchev–Trinajstić information content (AvgIpc) is 3.27. The van der Waals surface area contributed by atoms with E-state index in [1.165, 1.54) is 17.0 Å². The van der Waals surface area contributed by atoms with Gasteiger partial charge in [-0.15, -0.1) is 0 Å². The summed E-state index contributed by atoms with van der Waals surface area (Å²) in [5, 5.41) is 14.9. The standard InChI is InChI=1S/C27H30ClF3N6O2/c28-21-3-1-4-22(32)25(21)35-15-13-34(14-16-35)10-2-11-37-23-9-12-36(26(38)39)17-20(23)24(33-37)18-5-7-19(8-6-18)27(29,30)31/h1,3-8H,2,9-17,32H2,(H,38,39). The summed E-state index contributed by atoms with van der Waals surface area (Å²) in [5.41, 5.74) is 9.75. The number of aryl methyl sites for hydroxylation is 1. The number of hydrogen-bond donors (Lipinski definition) is 2. The van der Waals surface area contributed by atoms with E-state index < -0.39 is 17.8 Å². The van der Waals surface area contributed by atoms with E-state index in [0.29, 0.717) is 41.5 Å². The minimum atomic E-state index is -4.43. The minimum absolute atomic E-state index is 0.161. The second-order valence-corrected chi connectivity index (χ2v) is 10.3. The fourth-order valence-corrected chi connectivity index (χ4v) is 5.69. The van der Waals surface area contributed by atoms with Gasteiger partial charge in [0, 0.05) is 69.1 Å². The summed E-state index contributed by atoms with van der Waals surface area (Å²) in [6, 6.07) is 10.4. The van der Waals surface area contributed by atoms with Gasteiger partial charge >= 0.3 is 12.3 Å². The van der Waals surface area contributed by atoms with Gasteiger partial charge in [-0.05, 0) is 30.7 Å². The normalized spacial score (nSPS) is 16.4. The first-order valence-electron chi connectivity index (χ1n) is 12.9. The number of halogens is 4. The Morgan fingerprint density at radius 2 is 1.74 bits per heavy atom. The third-order valence-electron chi connectivity index (χ3n) is 7.44. The summed E-state index contributed by atoms with van der Waals surface area (Å²) in [6.45, 7) is 5.37. The molecule has 12 heteroatoms. The van der Waals surface area contributed by atoms with E-state index in [0.717, 1.165) is 68.2 Å². The number of benzene rings is 2. The quantitative estimate of drug-likeness (QED) is 0.409. The zero-order valence-corrected chi connectivity index (χ0v) is 22.0. The number of hydrogen-bond acceptors (Lipinski definition) is 5. The molecule has 2 aliphatic heterocycles. The molecule has 0 saturated carbocycles. The molecule has 1 aromatic heterocycles. The lowest BCUT2D eigenvalue weighted by Crippen LogP contribution is -2.47. The van der Waals surface area contributed by atoms with Gasteiger partial charge in [-0.1, -0.05) is 29.8 Å². The molecule has 0 spiro atoms. The summed E-state index contributed by atoms with van der Waals surface area (Å²) >= 11 is 6.38. The zero-order valence-electron chi connectivity index (χ0n) is 21.3. The molecule has 3 heterocycles. The van der Waals surface area contributed by atoms with Crippen LogP contribution in [0.5, 0.6) is 0 Å². The van der Waals surface area contributed by atoms with Crippen LogP contribution < -0.4 is 10.6 Å². The molecule has 0 aliphatic carbocycles. The molecule has 208 valence electrons. The highest BCUT2D eigenvalue weighted by Crippen LogP contribution is 2.35. The second-order valence-electron chi connectivity index (χ2n) is 9.89. The zero-order chi connectivity index (χ0) is 27.7. The second kappa shape index (κ2) is 11.0. The third-order valence-corrected chi connectivity index (χ3v) is 7.75. The number of carboxylic acid groups (broad SMARTS) is 1. The van der Waals surface area contributed by atoms with E-state index in [9.17, 15) is 23.1 Å². The Bertz CT molecular complexity index is 1320. The number of nitrogens with two attached hydrogens (primary N) is 1. The van der Waals surface area contributed by atoms with Crippen LogP contribution in [0.1, 0.15) is 23.2 Å². The molecule has 2 aromatic carbocycles. The van der Waals surface area contributed by atoms with Crippen molar-refractivity contribution in [3.05, 3.63) is 64.3 Å². The SMILES string of the molecule is Nc1cccc(Cl)c1N1CCN(CCCn2nc(-c3ccc(C(F)(F)F)cc3)c3c2CCN(C(=O)O)C3)CC1. The molecule has 0 radical (unpaired) electrons. The predicted molar refractivity (Wildman–Crippen MR) is 144 cm³/mol. The number of para-hydroxylation sites is 1. The molecule has 0 atom stereocenters. The van der Waals surface area contributed by atoms with E-state index >= 15 is 0 Å². The third kappa shape index (κ3) is 5.79. The number of nitrogen functional groups attached to an aromatic ring is 1. The van der Waals surface area contributed by atoms with Gasteiger partial charge in [-0.3, -0.25) is 9.58 Å². The van der Waals surface area contributed by atoms with Crippen molar-refractivity contribution in [2.24, 2.45) is 0 Å². The number of aromatic nitrogens is 2. The van der Waals surface area contributed by atoms with Crippen molar-refractivity contribution in [3.8, 4) is 11.3 Å². The highest BCUT2D eigenvalue weighted by atomic mass is 35.5. The van der Waals surface area contributed by atoms with Crippen LogP contribution in [0.25, 0.3) is 11.3 Å². The Kier molecular flexibility index (Phi) is 7.64. The van der Waals surface area contributed by atoms with Crippen molar-refractivity contribution < 1.29 is 23.1 Å². The molecular formula is C27H30ClF3N6O2. The number of nitrogens with zero attached hydrogens (tertiary/aromatic N) is 5. The van der Waals surface area contributed by atoms with Crippen molar-refractivity contribution in [2.45, 2.75) is 32.1 Å². The van der Waals surface area contributed by atoms with Gasteiger partial charge < -0.3 is 20.6 Å². The summed E-state index contributed by atoms with van der Waals surface area (Å²) in [5.74, 6) is 0. The Morgan fingerprint density at radius 3 is 2.38 bits per heavy atom. The van der Waals surface area contributed by atoms with Crippen molar-refractivity contribution in [1.82, 2.24) is 19.6 Å². The summed E-state index contributed by atoms with van der Waals surface area (Å²) in [7, 11) is 0. The lowest BCUT2D eigenvalue weighted by atomic mass is 10.00. The lowest BCUT2D eigenvalue weighted by Gasteiger charge is -2.37. The van der Waals surface area contributed by atoms with Crippen LogP contribution in [0.4, 0.5) is 29.3 Å². The Hall–Kier alpha value is -3.44. The number of rotatable bonds is 6. The summed E-state index contributed by atoms with van der Waals surface area (Å²) in [4.78, 5) is 17.5. The van der Waals surface area contributed by atoms with Crippen LogP contribution in [-0.4, -0.2) is 70.0 Å². The maximum atomic E-state index is 13.1.